The van der Waals surface area contributed by atoms with Crippen LogP contribution in [0.3, 0.4) is 0 Å². The van der Waals surface area contributed by atoms with Crippen molar-refractivity contribution in [3.63, 3.8) is 0 Å². The third kappa shape index (κ3) is 3.21. The summed E-state index contributed by atoms with van der Waals surface area (Å²) in [5, 5.41) is 20.8. The van der Waals surface area contributed by atoms with Crippen molar-refractivity contribution in [2.24, 2.45) is 0 Å². The molecule has 0 fully saturated rings. The second kappa shape index (κ2) is 5.83. The Kier molecular flexibility index (Phi) is 4.16. The summed E-state index contributed by atoms with van der Waals surface area (Å²) in [6, 6.07) is 7.36. The minimum Gasteiger partial charge on any atom is -0.481 e. The molecule has 18 heavy (non-hydrogen) atoms. The van der Waals surface area contributed by atoms with E-state index < -0.39 is 5.97 Å². The number of carboxylic acid groups (broad SMARTS) is 1. The van der Waals surface area contributed by atoms with Crippen molar-refractivity contribution in [2.75, 3.05) is 5.75 Å². The van der Waals surface area contributed by atoms with Crippen LogP contribution in [0.5, 0.6) is 0 Å². The van der Waals surface area contributed by atoms with E-state index in [1.54, 1.807) is 6.07 Å². The zero-order valence-corrected chi connectivity index (χ0v) is 10.7. The third-order valence-corrected chi connectivity index (χ3v) is 3.41. The molecule has 0 aliphatic carbocycles. The van der Waals surface area contributed by atoms with Gasteiger partial charge in [0.1, 0.15) is 0 Å². The molecular weight excluding hydrogens is 276 g/mol. The molecule has 0 bridgehead atoms. The van der Waals surface area contributed by atoms with Crippen molar-refractivity contribution < 1.29 is 9.90 Å². The van der Waals surface area contributed by atoms with Gasteiger partial charge in [-0.2, -0.15) is 0 Å². The number of carbonyl (C=O) groups is 1. The van der Waals surface area contributed by atoms with Crippen molar-refractivity contribution in [3.8, 4) is 0 Å². The lowest BCUT2D eigenvalue weighted by molar-refractivity contribution is -0.133. The SMILES string of the molecule is O=C(O)CSc1nnnn1Cc1ccccc1Cl. The van der Waals surface area contributed by atoms with Crippen LogP contribution < -0.4 is 0 Å². The average molecular weight is 285 g/mol. The first-order valence-electron chi connectivity index (χ1n) is 5.01. The summed E-state index contributed by atoms with van der Waals surface area (Å²) in [5.41, 5.74) is 0.878. The van der Waals surface area contributed by atoms with E-state index in [4.69, 9.17) is 16.7 Å². The summed E-state index contributed by atoms with van der Waals surface area (Å²) in [5.74, 6) is -0.990. The number of hydrogen-bond donors (Lipinski definition) is 1. The number of benzene rings is 1. The summed E-state index contributed by atoms with van der Waals surface area (Å²) in [4.78, 5) is 10.5. The number of aliphatic carboxylic acids is 1. The number of thioether (sulfide) groups is 1. The highest BCUT2D eigenvalue weighted by Gasteiger charge is 2.10. The van der Waals surface area contributed by atoms with Gasteiger partial charge in [-0.15, -0.1) is 5.10 Å². The van der Waals surface area contributed by atoms with E-state index in [-0.39, 0.29) is 5.75 Å². The van der Waals surface area contributed by atoms with E-state index in [1.807, 2.05) is 18.2 Å². The molecule has 1 aromatic heterocycles. The number of nitrogens with zero attached hydrogens (tertiary/aromatic N) is 4. The molecule has 0 amide bonds. The topological polar surface area (TPSA) is 80.9 Å². The molecular formula is C10H9ClN4O2S. The largest absolute Gasteiger partial charge is 0.481 e. The van der Waals surface area contributed by atoms with Crippen molar-refractivity contribution in [2.45, 2.75) is 11.7 Å². The molecule has 0 saturated heterocycles. The molecule has 6 nitrogen and oxygen atoms in total. The first-order valence-corrected chi connectivity index (χ1v) is 6.37. The molecule has 0 radical (unpaired) electrons. The summed E-state index contributed by atoms with van der Waals surface area (Å²) in [7, 11) is 0. The number of aromatic nitrogens is 4. The van der Waals surface area contributed by atoms with Crippen molar-refractivity contribution in [1.82, 2.24) is 20.2 Å². The van der Waals surface area contributed by atoms with E-state index in [2.05, 4.69) is 15.5 Å². The van der Waals surface area contributed by atoms with Gasteiger partial charge >= 0.3 is 5.97 Å². The minimum absolute atomic E-state index is 0.0805. The van der Waals surface area contributed by atoms with Gasteiger partial charge in [0.15, 0.2) is 0 Å². The molecule has 0 unspecified atom stereocenters. The number of halogens is 1. The Hall–Kier alpha value is -1.60. The second-order valence-corrected chi connectivity index (χ2v) is 4.74. The zero-order chi connectivity index (χ0) is 13.0. The lowest BCUT2D eigenvalue weighted by Crippen LogP contribution is -2.06. The fourth-order valence-corrected chi connectivity index (χ4v) is 2.11. The number of carboxylic acids is 1. The average Bonchev–Trinajstić information content (AvgIpc) is 2.77. The van der Waals surface area contributed by atoms with Gasteiger partial charge in [-0.3, -0.25) is 4.79 Å². The van der Waals surface area contributed by atoms with Gasteiger partial charge in [0.2, 0.25) is 5.16 Å². The van der Waals surface area contributed by atoms with Gasteiger partial charge in [0, 0.05) is 5.02 Å². The summed E-state index contributed by atoms with van der Waals surface area (Å²) >= 11 is 7.11. The Balaban J connectivity index is 2.12. The second-order valence-electron chi connectivity index (χ2n) is 3.39. The van der Waals surface area contributed by atoms with Crippen LogP contribution in [0.15, 0.2) is 29.4 Å². The lowest BCUT2D eigenvalue weighted by atomic mass is 10.2. The van der Waals surface area contributed by atoms with Crippen LogP contribution in [-0.2, 0) is 11.3 Å². The number of hydrogen-bond acceptors (Lipinski definition) is 5. The monoisotopic (exact) mass is 284 g/mol. The fraction of sp³-hybridized carbons (Fsp3) is 0.200. The molecule has 1 N–H and O–H groups in total. The maximum atomic E-state index is 10.5. The van der Waals surface area contributed by atoms with Crippen molar-refractivity contribution >= 4 is 29.3 Å². The molecule has 0 atom stereocenters. The van der Waals surface area contributed by atoms with Crippen molar-refractivity contribution in [3.05, 3.63) is 34.9 Å². The van der Waals surface area contributed by atoms with Gasteiger partial charge in [0.05, 0.1) is 12.3 Å². The molecule has 2 rings (SSSR count). The standard InChI is InChI=1S/C10H9ClN4O2S/c11-8-4-2-1-3-7(8)5-15-10(12-13-14-15)18-6-9(16)17/h1-4H,5-6H2,(H,16,17). The van der Waals surface area contributed by atoms with Crippen LogP contribution in [0, 0.1) is 0 Å². The van der Waals surface area contributed by atoms with Gasteiger partial charge < -0.3 is 5.11 Å². The Morgan fingerprint density at radius 1 is 1.44 bits per heavy atom. The quantitative estimate of drug-likeness (QED) is 0.839. The molecule has 0 aliphatic heterocycles. The Bertz CT molecular complexity index is 560. The summed E-state index contributed by atoms with van der Waals surface area (Å²) < 4.78 is 1.52. The molecule has 1 heterocycles. The first-order chi connectivity index (χ1) is 8.66. The lowest BCUT2D eigenvalue weighted by Gasteiger charge is -2.05. The molecule has 8 heteroatoms. The van der Waals surface area contributed by atoms with Gasteiger partial charge in [0.25, 0.3) is 0 Å². The smallest absolute Gasteiger partial charge is 0.313 e. The maximum Gasteiger partial charge on any atom is 0.313 e. The van der Waals surface area contributed by atoms with Crippen LogP contribution in [0.25, 0.3) is 0 Å². The van der Waals surface area contributed by atoms with Gasteiger partial charge in [-0.1, -0.05) is 41.6 Å². The fourth-order valence-electron chi connectivity index (χ4n) is 1.31. The Labute approximate surface area is 112 Å². The predicted octanol–water partition coefficient (Wildman–Crippen LogP) is 1.55. The molecule has 94 valence electrons. The first kappa shape index (κ1) is 12.8. The molecule has 0 aliphatic rings. The minimum atomic E-state index is -0.910. The van der Waals surface area contributed by atoms with Crippen LogP contribution >= 0.6 is 23.4 Å². The molecule has 1 aromatic carbocycles. The molecule has 0 spiro atoms. The van der Waals surface area contributed by atoms with Gasteiger partial charge in [-0.05, 0) is 22.1 Å². The number of rotatable bonds is 5. The highest BCUT2D eigenvalue weighted by molar-refractivity contribution is 7.99. The highest BCUT2D eigenvalue weighted by Crippen LogP contribution is 2.19. The van der Waals surface area contributed by atoms with E-state index in [0.29, 0.717) is 16.7 Å². The molecule has 2 aromatic rings. The molecule has 0 saturated carbocycles. The highest BCUT2D eigenvalue weighted by atomic mass is 35.5. The summed E-state index contributed by atoms with van der Waals surface area (Å²) in [6.45, 7) is 0.411. The Morgan fingerprint density at radius 3 is 2.94 bits per heavy atom. The predicted molar refractivity (Wildman–Crippen MR) is 66.7 cm³/mol. The van der Waals surface area contributed by atoms with E-state index >= 15 is 0 Å². The van der Waals surface area contributed by atoms with E-state index in [9.17, 15) is 4.79 Å². The van der Waals surface area contributed by atoms with Crippen molar-refractivity contribution in [1.29, 1.82) is 0 Å². The van der Waals surface area contributed by atoms with E-state index in [1.165, 1.54) is 4.68 Å². The van der Waals surface area contributed by atoms with Gasteiger partial charge in [-0.25, -0.2) is 4.68 Å². The van der Waals surface area contributed by atoms with Crippen LogP contribution in [0.1, 0.15) is 5.56 Å². The normalized spacial score (nSPS) is 10.5. The third-order valence-electron chi connectivity index (χ3n) is 2.10. The van der Waals surface area contributed by atoms with Crippen LogP contribution in [0.2, 0.25) is 5.02 Å². The van der Waals surface area contributed by atoms with E-state index in [0.717, 1.165) is 17.3 Å². The summed E-state index contributed by atoms with van der Waals surface area (Å²) in [6.07, 6.45) is 0. The maximum absolute atomic E-state index is 10.5. The zero-order valence-electron chi connectivity index (χ0n) is 9.15. The van der Waals surface area contributed by atoms with Crippen LogP contribution in [0.4, 0.5) is 0 Å². The Morgan fingerprint density at radius 2 is 2.22 bits per heavy atom. The van der Waals surface area contributed by atoms with Crippen LogP contribution in [-0.4, -0.2) is 37.0 Å². The number of tetrazole rings is 1.